The second-order valence-electron chi connectivity index (χ2n) is 5.93. The van der Waals surface area contributed by atoms with Gasteiger partial charge in [0.05, 0.1) is 19.8 Å². The fraction of sp³-hybridized carbons (Fsp3) is 0.190. The maximum absolute atomic E-state index is 12.4. The van der Waals surface area contributed by atoms with Crippen molar-refractivity contribution in [2.24, 2.45) is 0 Å². The summed E-state index contributed by atoms with van der Waals surface area (Å²) < 4.78 is 15.7. The number of amides is 1. The lowest BCUT2D eigenvalue weighted by Crippen LogP contribution is -2.23. The zero-order valence-electron chi connectivity index (χ0n) is 16.0. The SMILES string of the molecule is COc1ccc(CNC(=O)c2csc(COC(=O)c3ccccc3)n2)c(OC)c1. The van der Waals surface area contributed by atoms with Crippen LogP contribution in [0.4, 0.5) is 0 Å². The number of hydrogen-bond acceptors (Lipinski definition) is 7. The lowest BCUT2D eigenvalue weighted by atomic mass is 10.2. The van der Waals surface area contributed by atoms with Gasteiger partial charge in [0.1, 0.15) is 28.8 Å². The van der Waals surface area contributed by atoms with Gasteiger partial charge >= 0.3 is 5.97 Å². The minimum Gasteiger partial charge on any atom is -0.497 e. The van der Waals surface area contributed by atoms with Gasteiger partial charge in [-0.2, -0.15) is 0 Å². The van der Waals surface area contributed by atoms with Crippen molar-refractivity contribution in [1.29, 1.82) is 0 Å². The molecule has 1 N–H and O–H groups in total. The molecule has 0 atom stereocenters. The first kappa shape index (κ1) is 20.3. The van der Waals surface area contributed by atoms with Crippen molar-refractivity contribution in [3.63, 3.8) is 0 Å². The van der Waals surface area contributed by atoms with E-state index in [9.17, 15) is 9.59 Å². The third-order valence-corrected chi connectivity index (χ3v) is 4.88. The van der Waals surface area contributed by atoms with Crippen molar-refractivity contribution in [2.75, 3.05) is 14.2 Å². The molecule has 0 aliphatic rings. The fourth-order valence-electron chi connectivity index (χ4n) is 2.53. The first-order valence-electron chi connectivity index (χ1n) is 8.76. The lowest BCUT2D eigenvalue weighted by Gasteiger charge is -2.10. The van der Waals surface area contributed by atoms with Crippen LogP contribution in [0.5, 0.6) is 11.5 Å². The molecule has 150 valence electrons. The van der Waals surface area contributed by atoms with Crippen molar-refractivity contribution in [1.82, 2.24) is 10.3 Å². The Morgan fingerprint density at radius 1 is 1.07 bits per heavy atom. The monoisotopic (exact) mass is 412 g/mol. The second-order valence-corrected chi connectivity index (χ2v) is 6.87. The standard InChI is InChI=1S/C21H20N2O5S/c1-26-16-9-8-15(18(10-16)27-2)11-22-20(24)17-13-29-19(23-17)12-28-21(25)14-6-4-3-5-7-14/h3-10,13H,11-12H2,1-2H3,(H,22,24). The zero-order chi connectivity index (χ0) is 20.6. The number of ether oxygens (including phenoxy) is 3. The predicted molar refractivity (Wildman–Crippen MR) is 108 cm³/mol. The summed E-state index contributed by atoms with van der Waals surface area (Å²) in [6.45, 7) is 0.291. The number of nitrogens with zero attached hydrogens (tertiary/aromatic N) is 1. The highest BCUT2D eigenvalue weighted by molar-refractivity contribution is 7.09. The summed E-state index contributed by atoms with van der Waals surface area (Å²) in [6, 6.07) is 14.1. The Bertz CT molecular complexity index is 988. The highest BCUT2D eigenvalue weighted by Crippen LogP contribution is 2.24. The van der Waals surface area contributed by atoms with E-state index in [1.165, 1.54) is 11.3 Å². The van der Waals surface area contributed by atoms with Gasteiger partial charge in [-0.15, -0.1) is 11.3 Å². The number of esters is 1. The molecule has 3 rings (SSSR count). The van der Waals surface area contributed by atoms with Crippen molar-refractivity contribution >= 4 is 23.2 Å². The number of aromatic nitrogens is 1. The average Bonchev–Trinajstić information content (AvgIpc) is 3.25. The van der Waals surface area contributed by atoms with Gasteiger partial charge in [-0.3, -0.25) is 4.79 Å². The Kier molecular flexibility index (Phi) is 6.80. The molecule has 29 heavy (non-hydrogen) atoms. The van der Waals surface area contributed by atoms with Crippen LogP contribution < -0.4 is 14.8 Å². The number of methoxy groups -OCH3 is 2. The normalized spacial score (nSPS) is 10.3. The molecular weight excluding hydrogens is 392 g/mol. The third kappa shape index (κ3) is 5.32. The summed E-state index contributed by atoms with van der Waals surface area (Å²) in [5.41, 5.74) is 1.55. The molecule has 2 aromatic carbocycles. The van der Waals surface area contributed by atoms with Crippen LogP contribution in [0.15, 0.2) is 53.9 Å². The van der Waals surface area contributed by atoms with Crippen molar-refractivity contribution < 1.29 is 23.8 Å². The molecule has 0 radical (unpaired) electrons. The van der Waals surface area contributed by atoms with Crippen LogP contribution in [0.25, 0.3) is 0 Å². The third-order valence-electron chi connectivity index (χ3n) is 4.05. The topological polar surface area (TPSA) is 86.8 Å². The van der Waals surface area contributed by atoms with E-state index in [0.29, 0.717) is 22.1 Å². The van der Waals surface area contributed by atoms with E-state index in [0.717, 1.165) is 5.56 Å². The highest BCUT2D eigenvalue weighted by atomic mass is 32.1. The van der Waals surface area contributed by atoms with Crippen molar-refractivity contribution in [3.8, 4) is 11.5 Å². The molecule has 8 heteroatoms. The minimum absolute atomic E-state index is 0.0119. The van der Waals surface area contributed by atoms with E-state index >= 15 is 0 Å². The van der Waals surface area contributed by atoms with Crippen LogP contribution in [0, 0.1) is 0 Å². The molecule has 1 aromatic heterocycles. The Morgan fingerprint density at radius 3 is 2.59 bits per heavy atom. The molecule has 0 aliphatic heterocycles. The van der Waals surface area contributed by atoms with Gasteiger partial charge in [-0.25, -0.2) is 9.78 Å². The minimum atomic E-state index is -0.432. The van der Waals surface area contributed by atoms with Gasteiger partial charge in [-0.05, 0) is 24.3 Å². The average molecular weight is 412 g/mol. The molecule has 0 bridgehead atoms. The van der Waals surface area contributed by atoms with Crippen LogP contribution in [0.2, 0.25) is 0 Å². The first-order chi connectivity index (χ1) is 14.1. The summed E-state index contributed by atoms with van der Waals surface area (Å²) >= 11 is 1.26. The smallest absolute Gasteiger partial charge is 0.338 e. The van der Waals surface area contributed by atoms with E-state index < -0.39 is 5.97 Å². The molecule has 1 amide bonds. The molecule has 0 aliphatic carbocycles. The Morgan fingerprint density at radius 2 is 1.86 bits per heavy atom. The van der Waals surface area contributed by atoms with Crippen LogP contribution in [-0.2, 0) is 17.9 Å². The van der Waals surface area contributed by atoms with E-state index in [1.807, 2.05) is 12.1 Å². The van der Waals surface area contributed by atoms with Crippen LogP contribution >= 0.6 is 11.3 Å². The molecule has 3 aromatic rings. The molecular formula is C21H20N2O5S. The largest absolute Gasteiger partial charge is 0.497 e. The molecule has 0 saturated carbocycles. The Balaban J connectivity index is 1.55. The van der Waals surface area contributed by atoms with Crippen LogP contribution in [0.3, 0.4) is 0 Å². The second kappa shape index (κ2) is 9.70. The molecule has 0 spiro atoms. The van der Waals surface area contributed by atoms with Crippen molar-refractivity contribution in [2.45, 2.75) is 13.2 Å². The number of benzene rings is 2. The zero-order valence-corrected chi connectivity index (χ0v) is 16.8. The summed E-state index contributed by atoms with van der Waals surface area (Å²) in [6.07, 6.45) is 0. The van der Waals surface area contributed by atoms with Crippen LogP contribution in [0.1, 0.15) is 31.4 Å². The fourth-order valence-corrected chi connectivity index (χ4v) is 3.22. The number of carbonyl (C=O) groups is 2. The van der Waals surface area contributed by atoms with Gasteiger partial charge in [0.2, 0.25) is 0 Å². The summed E-state index contributed by atoms with van der Waals surface area (Å²) in [4.78, 5) is 28.6. The van der Waals surface area contributed by atoms with Gasteiger partial charge in [0.15, 0.2) is 0 Å². The Labute approximate surface area is 172 Å². The van der Waals surface area contributed by atoms with E-state index in [1.54, 1.807) is 56.0 Å². The summed E-state index contributed by atoms with van der Waals surface area (Å²) in [5.74, 6) is 0.542. The van der Waals surface area contributed by atoms with E-state index in [-0.39, 0.29) is 24.8 Å². The summed E-state index contributed by atoms with van der Waals surface area (Å²) in [7, 11) is 3.14. The first-order valence-corrected chi connectivity index (χ1v) is 9.64. The number of hydrogen-bond donors (Lipinski definition) is 1. The van der Waals surface area contributed by atoms with E-state index in [2.05, 4.69) is 10.3 Å². The van der Waals surface area contributed by atoms with Crippen LogP contribution in [-0.4, -0.2) is 31.1 Å². The van der Waals surface area contributed by atoms with Gasteiger partial charge in [-0.1, -0.05) is 18.2 Å². The quantitative estimate of drug-likeness (QED) is 0.571. The predicted octanol–water partition coefficient (Wildman–Crippen LogP) is 3.45. The van der Waals surface area contributed by atoms with Crippen molar-refractivity contribution in [3.05, 3.63) is 75.7 Å². The number of thiazole rings is 1. The number of carbonyl (C=O) groups excluding carboxylic acids is 2. The summed E-state index contributed by atoms with van der Waals surface area (Å²) in [5, 5.41) is 4.98. The van der Waals surface area contributed by atoms with Gasteiger partial charge < -0.3 is 19.5 Å². The molecule has 1 heterocycles. The van der Waals surface area contributed by atoms with Gasteiger partial charge in [0, 0.05) is 23.6 Å². The molecule has 7 nitrogen and oxygen atoms in total. The molecule has 0 unspecified atom stereocenters. The van der Waals surface area contributed by atoms with Gasteiger partial charge in [0.25, 0.3) is 5.91 Å². The number of nitrogens with one attached hydrogen (secondary N) is 1. The molecule has 0 saturated heterocycles. The lowest BCUT2D eigenvalue weighted by molar-refractivity contribution is 0.0472. The Hall–Kier alpha value is -3.39. The maximum Gasteiger partial charge on any atom is 0.338 e. The van der Waals surface area contributed by atoms with E-state index in [4.69, 9.17) is 14.2 Å². The maximum atomic E-state index is 12.4. The molecule has 0 fully saturated rings. The highest BCUT2D eigenvalue weighted by Gasteiger charge is 2.14. The number of rotatable bonds is 8.